The van der Waals surface area contributed by atoms with Gasteiger partial charge >= 0.3 is 5.97 Å². The van der Waals surface area contributed by atoms with E-state index in [1.165, 1.54) is 56.5 Å². The van der Waals surface area contributed by atoms with Crippen LogP contribution in [-0.2, 0) is 14.3 Å². The second-order valence-electron chi connectivity index (χ2n) is 6.91. The molecule has 0 bridgehead atoms. The van der Waals surface area contributed by atoms with Crippen LogP contribution in [0.1, 0.15) is 44.4 Å². The summed E-state index contributed by atoms with van der Waals surface area (Å²) in [5.41, 5.74) is 0.714. The van der Waals surface area contributed by atoms with Crippen molar-refractivity contribution in [2.45, 2.75) is 19.4 Å². The first kappa shape index (κ1) is 22.1. The molecule has 0 aliphatic carbocycles. The third-order valence-electron chi connectivity index (χ3n) is 4.70. The van der Waals surface area contributed by atoms with Gasteiger partial charge in [0.05, 0.1) is 16.7 Å². The lowest BCUT2D eigenvalue weighted by molar-refractivity contribution is -0.123. The molecule has 1 aliphatic rings. The molecule has 8 nitrogen and oxygen atoms in total. The highest BCUT2D eigenvalue weighted by Gasteiger charge is 2.35. The van der Waals surface area contributed by atoms with Crippen LogP contribution in [0.3, 0.4) is 0 Å². The Bertz CT molecular complexity index is 1020. The van der Waals surface area contributed by atoms with Crippen LogP contribution in [0.25, 0.3) is 0 Å². The van der Waals surface area contributed by atoms with Crippen molar-refractivity contribution in [2.24, 2.45) is 0 Å². The number of halogens is 1. The molecule has 9 heteroatoms. The second-order valence-corrected chi connectivity index (χ2v) is 6.91. The van der Waals surface area contributed by atoms with Gasteiger partial charge in [-0.05, 0) is 55.8 Å². The molecule has 0 fully saturated rings. The van der Waals surface area contributed by atoms with Gasteiger partial charge in [0.15, 0.2) is 6.10 Å². The molecule has 2 aromatic rings. The van der Waals surface area contributed by atoms with Crippen molar-refractivity contribution < 1.29 is 33.0 Å². The maximum absolute atomic E-state index is 13.0. The number of rotatable bonds is 8. The number of nitrogens with one attached hydrogen (secondary N) is 1. The molecule has 1 unspecified atom stereocenters. The van der Waals surface area contributed by atoms with Crippen LogP contribution >= 0.6 is 0 Å². The van der Waals surface area contributed by atoms with Crippen LogP contribution in [0.5, 0.6) is 0 Å². The number of fused-ring (bicyclic) bond motifs is 1. The smallest absolute Gasteiger partial charge is 0.338 e. The topological polar surface area (TPSA) is 102 Å². The third-order valence-corrected chi connectivity index (χ3v) is 4.70. The standard InChI is InChI=1S/C22H21FN2O6/c1-13(19(26)24-16-7-5-15(23)6-8-16)31-22(29)14-4-9-17-18(12-14)21(28)25(20(17)27)10-3-11-30-2/h4-9,12-13H,3,10-11H2,1-2H3,(H,24,26). The molecule has 0 radical (unpaired) electrons. The minimum absolute atomic E-state index is 0.0417. The van der Waals surface area contributed by atoms with Gasteiger partial charge in [0, 0.05) is 25.9 Å². The van der Waals surface area contributed by atoms with E-state index in [-0.39, 0.29) is 23.2 Å². The Morgan fingerprint density at radius 2 is 1.74 bits per heavy atom. The number of carbonyl (C=O) groups excluding carboxylic acids is 4. The lowest BCUT2D eigenvalue weighted by Crippen LogP contribution is -2.31. The van der Waals surface area contributed by atoms with Crippen molar-refractivity contribution >= 4 is 29.4 Å². The molecule has 0 saturated heterocycles. The molecule has 31 heavy (non-hydrogen) atoms. The van der Waals surface area contributed by atoms with E-state index in [2.05, 4.69) is 5.32 Å². The van der Waals surface area contributed by atoms with Crippen LogP contribution in [0.2, 0.25) is 0 Å². The molecule has 0 spiro atoms. The third kappa shape index (κ3) is 4.95. The van der Waals surface area contributed by atoms with Crippen molar-refractivity contribution in [3.63, 3.8) is 0 Å². The van der Waals surface area contributed by atoms with Crippen LogP contribution < -0.4 is 5.32 Å². The predicted molar refractivity (Wildman–Crippen MR) is 108 cm³/mol. The Hall–Kier alpha value is -3.59. The van der Waals surface area contributed by atoms with Crippen LogP contribution in [-0.4, -0.2) is 55.0 Å². The number of nitrogens with zero attached hydrogens (tertiary/aromatic N) is 1. The zero-order valence-electron chi connectivity index (χ0n) is 17.0. The van der Waals surface area contributed by atoms with Crippen LogP contribution in [0.15, 0.2) is 42.5 Å². The summed E-state index contributed by atoms with van der Waals surface area (Å²) in [6, 6.07) is 9.19. The molecular formula is C22H21FN2O6. The number of hydrogen-bond donors (Lipinski definition) is 1. The van der Waals surface area contributed by atoms with E-state index in [1.54, 1.807) is 0 Å². The molecule has 2 aromatic carbocycles. The largest absolute Gasteiger partial charge is 0.449 e. The summed E-state index contributed by atoms with van der Waals surface area (Å²) in [5.74, 6) is -2.78. The average Bonchev–Trinajstić information content (AvgIpc) is 2.99. The van der Waals surface area contributed by atoms with Gasteiger partial charge in [-0.1, -0.05) is 0 Å². The number of ether oxygens (including phenoxy) is 2. The van der Waals surface area contributed by atoms with Gasteiger partial charge in [-0.15, -0.1) is 0 Å². The molecule has 0 saturated carbocycles. The fourth-order valence-electron chi connectivity index (χ4n) is 3.05. The minimum Gasteiger partial charge on any atom is -0.449 e. The summed E-state index contributed by atoms with van der Waals surface area (Å²) in [4.78, 5) is 50.8. The summed E-state index contributed by atoms with van der Waals surface area (Å²) >= 11 is 0. The first-order chi connectivity index (χ1) is 14.8. The summed E-state index contributed by atoms with van der Waals surface area (Å²) in [7, 11) is 1.53. The van der Waals surface area contributed by atoms with Crippen LogP contribution in [0, 0.1) is 5.82 Å². The highest BCUT2D eigenvalue weighted by atomic mass is 19.1. The maximum atomic E-state index is 13.0. The second kappa shape index (κ2) is 9.48. The first-order valence-electron chi connectivity index (χ1n) is 9.58. The Kier molecular flexibility index (Phi) is 6.76. The Labute approximate surface area is 177 Å². The van der Waals surface area contributed by atoms with Gasteiger partial charge in [0.1, 0.15) is 5.82 Å². The van der Waals surface area contributed by atoms with E-state index < -0.39 is 35.6 Å². The van der Waals surface area contributed by atoms with Crippen molar-refractivity contribution in [3.05, 3.63) is 65.0 Å². The summed E-state index contributed by atoms with van der Waals surface area (Å²) < 4.78 is 23.1. The molecule has 1 heterocycles. The number of carbonyl (C=O) groups is 4. The zero-order chi connectivity index (χ0) is 22.5. The van der Waals surface area contributed by atoms with Gasteiger partial charge < -0.3 is 14.8 Å². The van der Waals surface area contributed by atoms with Crippen molar-refractivity contribution in [1.29, 1.82) is 0 Å². The summed E-state index contributed by atoms with van der Waals surface area (Å²) in [5, 5.41) is 2.51. The highest BCUT2D eigenvalue weighted by Crippen LogP contribution is 2.24. The normalized spacial score (nSPS) is 13.7. The molecule has 1 atom stereocenters. The SMILES string of the molecule is COCCCN1C(=O)c2ccc(C(=O)OC(C)C(=O)Nc3ccc(F)cc3)cc2C1=O. The molecule has 3 rings (SSSR count). The number of hydrogen-bond acceptors (Lipinski definition) is 6. The first-order valence-corrected chi connectivity index (χ1v) is 9.58. The van der Waals surface area contributed by atoms with E-state index in [1.807, 2.05) is 0 Å². The number of methoxy groups -OCH3 is 1. The highest BCUT2D eigenvalue weighted by molar-refractivity contribution is 6.22. The van der Waals surface area contributed by atoms with Gasteiger partial charge in [-0.25, -0.2) is 9.18 Å². The summed E-state index contributed by atoms with van der Waals surface area (Å²) in [6.45, 7) is 2.00. The van der Waals surface area contributed by atoms with Crippen LogP contribution in [0.4, 0.5) is 10.1 Å². The molecule has 1 aliphatic heterocycles. The van der Waals surface area contributed by atoms with E-state index in [0.29, 0.717) is 18.7 Å². The fraction of sp³-hybridized carbons (Fsp3) is 0.273. The van der Waals surface area contributed by atoms with Crippen molar-refractivity contribution in [1.82, 2.24) is 4.90 Å². The molecule has 162 valence electrons. The molecule has 1 N–H and O–H groups in total. The van der Waals surface area contributed by atoms with Gasteiger partial charge in [-0.2, -0.15) is 0 Å². The lowest BCUT2D eigenvalue weighted by atomic mass is 10.1. The van der Waals surface area contributed by atoms with Crippen molar-refractivity contribution in [2.75, 3.05) is 25.6 Å². The number of esters is 1. The lowest BCUT2D eigenvalue weighted by Gasteiger charge is -2.14. The number of amides is 3. The van der Waals surface area contributed by atoms with E-state index in [9.17, 15) is 23.6 Å². The Morgan fingerprint density at radius 3 is 2.42 bits per heavy atom. The average molecular weight is 428 g/mol. The molecule has 3 amide bonds. The van der Waals surface area contributed by atoms with Crippen molar-refractivity contribution in [3.8, 4) is 0 Å². The number of anilines is 1. The Balaban J connectivity index is 1.65. The maximum Gasteiger partial charge on any atom is 0.338 e. The Morgan fingerprint density at radius 1 is 1.06 bits per heavy atom. The minimum atomic E-state index is -1.14. The molecular weight excluding hydrogens is 407 g/mol. The predicted octanol–water partition coefficient (Wildman–Crippen LogP) is 2.64. The van der Waals surface area contributed by atoms with Gasteiger partial charge in [0.25, 0.3) is 17.7 Å². The van der Waals surface area contributed by atoms with Gasteiger partial charge in [-0.3, -0.25) is 19.3 Å². The fourth-order valence-corrected chi connectivity index (χ4v) is 3.05. The van der Waals surface area contributed by atoms with E-state index in [4.69, 9.17) is 9.47 Å². The summed E-state index contributed by atoms with van der Waals surface area (Å²) in [6.07, 6.45) is -0.647. The number of imide groups is 1. The zero-order valence-corrected chi connectivity index (χ0v) is 17.0. The van der Waals surface area contributed by atoms with Gasteiger partial charge in [0.2, 0.25) is 0 Å². The van der Waals surface area contributed by atoms with E-state index in [0.717, 1.165) is 4.90 Å². The number of benzene rings is 2. The monoisotopic (exact) mass is 428 g/mol. The quantitative estimate of drug-likeness (QED) is 0.394. The molecule has 0 aromatic heterocycles. The van der Waals surface area contributed by atoms with E-state index >= 15 is 0 Å².